The van der Waals surface area contributed by atoms with Gasteiger partial charge >= 0.3 is 5.97 Å². The van der Waals surface area contributed by atoms with Gasteiger partial charge in [-0.15, -0.1) is 0 Å². The minimum Gasteiger partial charge on any atom is -0.426 e. The first-order valence-corrected chi connectivity index (χ1v) is 5.31. The summed E-state index contributed by atoms with van der Waals surface area (Å²) in [7, 11) is 0. The maximum absolute atomic E-state index is 11.9. The maximum atomic E-state index is 11.9. The lowest BCUT2D eigenvalue weighted by Crippen LogP contribution is -2.09. The van der Waals surface area contributed by atoms with Crippen LogP contribution in [0.5, 0.6) is 5.75 Å². The molecule has 0 bridgehead atoms. The Bertz CT molecular complexity index is 394. The monoisotopic (exact) mass is 220 g/mol. The Hall–Kier alpha value is -1.64. The molecule has 1 aromatic rings. The summed E-state index contributed by atoms with van der Waals surface area (Å²) in [4.78, 5) is 22.7. The summed E-state index contributed by atoms with van der Waals surface area (Å²) in [6.07, 6.45) is 0.457. The molecule has 3 heteroatoms. The molecule has 0 amide bonds. The number of Topliss-reactive ketones (excluding diaryl/α,β-unsaturated/α-hetero) is 1. The molecule has 3 nitrogen and oxygen atoms in total. The van der Waals surface area contributed by atoms with Crippen molar-refractivity contribution in [2.75, 3.05) is 0 Å². The smallest absolute Gasteiger partial charge is 0.308 e. The number of para-hydroxylation sites is 1. The van der Waals surface area contributed by atoms with Crippen molar-refractivity contribution in [3.05, 3.63) is 29.8 Å². The van der Waals surface area contributed by atoms with Crippen molar-refractivity contribution in [3.63, 3.8) is 0 Å². The molecule has 1 aromatic carbocycles. The van der Waals surface area contributed by atoms with Crippen LogP contribution in [0.4, 0.5) is 0 Å². The highest BCUT2D eigenvalue weighted by Gasteiger charge is 2.14. The number of carbonyl (C=O) groups excluding carboxylic acids is 2. The molecule has 0 aromatic heterocycles. The zero-order chi connectivity index (χ0) is 12.1. The number of benzene rings is 1. The van der Waals surface area contributed by atoms with Crippen LogP contribution in [0, 0.1) is 5.92 Å². The van der Waals surface area contributed by atoms with Crippen LogP contribution in [0.1, 0.15) is 37.6 Å². The van der Waals surface area contributed by atoms with Gasteiger partial charge in [-0.1, -0.05) is 26.0 Å². The van der Waals surface area contributed by atoms with Crippen molar-refractivity contribution in [1.29, 1.82) is 0 Å². The summed E-state index contributed by atoms with van der Waals surface area (Å²) in [5.41, 5.74) is 0.478. The fourth-order valence-electron chi connectivity index (χ4n) is 1.42. The van der Waals surface area contributed by atoms with Crippen LogP contribution < -0.4 is 4.74 Å². The number of ether oxygens (including phenoxy) is 1. The highest BCUT2D eigenvalue weighted by Crippen LogP contribution is 2.21. The third-order valence-electron chi connectivity index (χ3n) is 2.03. The van der Waals surface area contributed by atoms with Gasteiger partial charge in [0.05, 0.1) is 5.56 Å². The van der Waals surface area contributed by atoms with Crippen LogP contribution in [-0.4, -0.2) is 11.8 Å². The largest absolute Gasteiger partial charge is 0.426 e. The Balaban J connectivity index is 2.94. The standard InChI is InChI=1S/C13H16O3/c1-9(2)8-12(15)11-6-4-5-7-13(11)16-10(3)14/h4-7,9H,8H2,1-3H3. The van der Waals surface area contributed by atoms with Gasteiger partial charge in [0.1, 0.15) is 5.75 Å². The molecular weight excluding hydrogens is 204 g/mol. The molecule has 0 heterocycles. The number of ketones is 1. The SMILES string of the molecule is CC(=O)Oc1ccccc1C(=O)CC(C)C. The summed E-state index contributed by atoms with van der Waals surface area (Å²) >= 11 is 0. The van der Waals surface area contributed by atoms with Gasteiger partial charge in [0, 0.05) is 13.3 Å². The summed E-state index contributed by atoms with van der Waals surface area (Å²) < 4.78 is 4.99. The van der Waals surface area contributed by atoms with E-state index in [1.165, 1.54) is 6.92 Å². The van der Waals surface area contributed by atoms with Crippen LogP contribution >= 0.6 is 0 Å². The van der Waals surface area contributed by atoms with Crippen molar-refractivity contribution in [2.24, 2.45) is 5.92 Å². The second-order valence-corrected chi connectivity index (χ2v) is 4.11. The van der Waals surface area contributed by atoms with Crippen molar-refractivity contribution >= 4 is 11.8 Å². The van der Waals surface area contributed by atoms with E-state index in [9.17, 15) is 9.59 Å². The van der Waals surface area contributed by atoms with Gasteiger partial charge in [-0.25, -0.2) is 0 Å². The van der Waals surface area contributed by atoms with Crippen LogP contribution in [-0.2, 0) is 4.79 Å². The molecule has 86 valence electrons. The van der Waals surface area contributed by atoms with Gasteiger partial charge in [0.2, 0.25) is 0 Å². The molecule has 0 fully saturated rings. The second kappa shape index (κ2) is 5.45. The number of esters is 1. The Morgan fingerprint density at radius 3 is 2.44 bits per heavy atom. The first-order chi connectivity index (χ1) is 7.50. The first kappa shape index (κ1) is 12.4. The van der Waals surface area contributed by atoms with Crippen LogP contribution in [0.25, 0.3) is 0 Å². The fraction of sp³-hybridized carbons (Fsp3) is 0.385. The van der Waals surface area contributed by atoms with Crippen LogP contribution in [0.15, 0.2) is 24.3 Å². The molecule has 0 aliphatic heterocycles. The average Bonchev–Trinajstić information content (AvgIpc) is 2.16. The Morgan fingerprint density at radius 2 is 1.88 bits per heavy atom. The van der Waals surface area contributed by atoms with Crippen molar-refractivity contribution in [2.45, 2.75) is 27.2 Å². The number of rotatable bonds is 4. The quantitative estimate of drug-likeness (QED) is 0.445. The van der Waals surface area contributed by atoms with Gasteiger partial charge < -0.3 is 4.74 Å². The summed E-state index contributed by atoms with van der Waals surface area (Å²) in [5, 5.41) is 0. The molecule has 16 heavy (non-hydrogen) atoms. The van der Waals surface area contributed by atoms with E-state index in [4.69, 9.17) is 4.74 Å². The van der Waals surface area contributed by atoms with Gasteiger partial charge in [0.25, 0.3) is 0 Å². The molecule has 0 N–H and O–H groups in total. The van der Waals surface area contributed by atoms with Gasteiger partial charge in [-0.05, 0) is 18.1 Å². The Kier molecular flexibility index (Phi) is 4.23. The zero-order valence-corrected chi connectivity index (χ0v) is 9.82. The molecule has 0 saturated heterocycles. The lowest BCUT2D eigenvalue weighted by atomic mass is 10.0. The van der Waals surface area contributed by atoms with E-state index in [-0.39, 0.29) is 11.7 Å². The van der Waals surface area contributed by atoms with Crippen molar-refractivity contribution in [1.82, 2.24) is 0 Å². The van der Waals surface area contributed by atoms with E-state index < -0.39 is 5.97 Å². The van der Waals surface area contributed by atoms with E-state index in [2.05, 4.69) is 0 Å². The van der Waals surface area contributed by atoms with Gasteiger partial charge in [-0.3, -0.25) is 9.59 Å². The predicted molar refractivity (Wildman–Crippen MR) is 61.5 cm³/mol. The van der Waals surface area contributed by atoms with Crippen LogP contribution in [0.2, 0.25) is 0 Å². The number of carbonyl (C=O) groups is 2. The van der Waals surface area contributed by atoms with E-state index in [0.717, 1.165) is 0 Å². The Labute approximate surface area is 95.4 Å². The van der Waals surface area contributed by atoms with Crippen LogP contribution in [0.3, 0.4) is 0 Å². The molecular formula is C13H16O3. The summed E-state index contributed by atoms with van der Waals surface area (Å²) in [6, 6.07) is 6.82. The number of hydrogen-bond acceptors (Lipinski definition) is 3. The molecule has 1 rings (SSSR count). The predicted octanol–water partition coefficient (Wildman–Crippen LogP) is 2.84. The highest BCUT2D eigenvalue weighted by atomic mass is 16.5. The second-order valence-electron chi connectivity index (χ2n) is 4.11. The molecule has 0 radical (unpaired) electrons. The van der Waals surface area contributed by atoms with E-state index in [0.29, 0.717) is 17.7 Å². The molecule has 0 atom stereocenters. The van der Waals surface area contributed by atoms with Gasteiger partial charge in [-0.2, -0.15) is 0 Å². The summed E-state index contributed by atoms with van der Waals surface area (Å²) in [5.74, 6) is 0.232. The lowest BCUT2D eigenvalue weighted by molar-refractivity contribution is -0.131. The molecule has 0 aliphatic carbocycles. The minimum absolute atomic E-state index is 0.00634. The normalized spacial score (nSPS) is 10.2. The van der Waals surface area contributed by atoms with E-state index >= 15 is 0 Å². The number of hydrogen-bond donors (Lipinski definition) is 0. The molecule has 0 saturated carbocycles. The third-order valence-corrected chi connectivity index (χ3v) is 2.03. The van der Waals surface area contributed by atoms with Crippen molar-refractivity contribution in [3.8, 4) is 5.75 Å². The van der Waals surface area contributed by atoms with E-state index in [1.807, 2.05) is 13.8 Å². The maximum Gasteiger partial charge on any atom is 0.308 e. The zero-order valence-electron chi connectivity index (χ0n) is 9.82. The molecule has 0 spiro atoms. The summed E-state index contributed by atoms with van der Waals surface area (Å²) in [6.45, 7) is 5.28. The highest BCUT2D eigenvalue weighted by molar-refractivity contribution is 5.99. The molecule has 0 aliphatic rings. The molecule has 0 unspecified atom stereocenters. The third kappa shape index (κ3) is 3.50. The van der Waals surface area contributed by atoms with Crippen molar-refractivity contribution < 1.29 is 14.3 Å². The fourth-order valence-corrected chi connectivity index (χ4v) is 1.42. The lowest BCUT2D eigenvalue weighted by Gasteiger charge is -2.08. The van der Waals surface area contributed by atoms with Gasteiger partial charge in [0.15, 0.2) is 5.78 Å². The topological polar surface area (TPSA) is 43.4 Å². The first-order valence-electron chi connectivity index (χ1n) is 5.31. The Morgan fingerprint density at radius 1 is 1.25 bits per heavy atom. The van der Waals surface area contributed by atoms with E-state index in [1.54, 1.807) is 24.3 Å². The minimum atomic E-state index is -0.412. The average molecular weight is 220 g/mol.